The zero-order chi connectivity index (χ0) is 10.0. The van der Waals surface area contributed by atoms with Crippen molar-refractivity contribution >= 4 is 23.3 Å². The lowest BCUT2D eigenvalue weighted by molar-refractivity contribution is 0.0600. The summed E-state index contributed by atoms with van der Waals surface area (Å²) in [6.45, 7) is 1.78. The van der Waals surface area contributed by atoms with Gasteiger partial charge in [0.2, 0.25) is 0 Å². The van der Waals surface area contributed by atoms with E-state index in [2.05, 4.69) is 4.74 Å². The molecule has 0 atom stereocenters. The van der Waals surface area contributed by atoms with Crippen LogP contribution in [0.2, 0.25) is 5.02 Å². The number of nitrogen functional groups attached to an aromatic ring is 1. The first kappa shape index (κ1) is 9.86. The van der Waals surface area contributed by atoms with Crippen LogP contribution in [0.1, 0.15) is 15.9 Å². The number of ether oxygens (including phenoxy) is 1. The Morgan fingerprint density at radius 3 is 2.69 bits per heavy atom. The quantitative estimate of drug-likeness (QED) is 0.556. The number of aryl methyl sites for hydroxylation is 1. The van der Waals surface area contributed by atoms with E-state index < -0.39 is 5.97 Å². The third-order valence-electron chi connectivity index (χ3n) is 1.77. The lowest BCUT2D eigenvalue weighted by Gasteiger charge is -2.07. The van der Waals surface area contributed by atoms with Gasteiger partial charge in [0.05, 0.1) is 23.4 Å². The first-order valence-electron chi connectivity index (χ1n) is 3.70. The average molecular weight is 200 g/mol. The summed E-state index contributed by atoms with van der Waals surface area (Å²) >= 11 is 5.85. The molecule has 0 fully saturated rings. The van der Waals surface area contributed by atoms with Crippen LogP contribution < -0.4 is 5.73 Å². The summed E-state index contributed by atoms with van der Waals surface area (Å²) in [6.07, 6.45) is 0. The van der Waals surface area contributed by atoms with E-state index in [1.54, 1.807) is 19.1 Å². The highest BCUT2D eigenvalue weighted by Gasteiger charge is 2.15. The Hall–Kier alpha value is -1.22. The van der Waals surface area contributed by atoms with Crippen LogP contribution in [-0.2, 0) is 4.74 Å². The Morgan fingerprint density at radius 1 is 1.54 bits per heavy atom. The largest absolute Gasteiger partial charge is 0.465 e. The molecule has 0 heterocycles. The van der Waals surface area contributed by atoms with Crippen LogP contribution in [0, 0.1) is 6.92 Å². The zero-order valence-electron chi connectivity index (χ0n) is 7.43. The number of carbonyl (C=O) groups is 1. The molecular formula is C9H10ClNO2. The van der Waals surface area contributed by atoms with Gasteiger partial charge in [0.25, 0.3) is 0 Å². The summed E-state index contributed by atoms with van der Waals surface area (Å²) in [7, 11) is 1.31. The molecule has 0 amide bonds. The van der Waals surface area contributed by atoms with E-state index in [-0.39, 0.29) is 5.02 Å². The van der Waals surface area contributed by atoms with E-state index in [1.807, 2.05) is 0 Å². The minimum atomic E-state index is -0.463. The van der Waals surface area contributed by atoms with Crippen molar-refractivity contribution < 1.29 is 9.53 Å². The highest BCUT2D eigenvalue weighted by Crippen LogP contribution is 2.26. The molecule has 1 aromatic rings. The van der Waals surface area contributed by atoms with Gasteiger partial charge < -0.3 is 10.5 Å². The minimum Gasteiger partial charge on any atom is -0.465 e. The topological polar surface area (TPSA) is 52.3 Å². The second-order valence-electron chi connectivity index (χ2n) is 2.65. The van der Waals surface area contributed by atoms with Crippen LogP contribution in [0.15, 0.2) is 12.1 Å². The fourth-order valence-electron chi connectivity index (χ4n) is 1.04. The second kappa shape index (κ2) is 3.66. The van der Waals surface area contributed by atoms with E-state index in [9.17, 15) is 4.79 Å². The van der Waals surface area contributed by atoms with Gasteiger partial charge in [-0.25, -0.2) is 4.79 Å². The predicted molar refractivity (Wildman–Crippen MR) is 51.9 cm³/mol. The maximum Gasteiger partial charge on any atom is 0.339 e. The number of hydrogen-bond acceptors (Lipinski definition) is 3. The molecule has 1 aromatic carbocycles. The van der Waals surface area contributed by atoms with Crippen molar-refractivity contribution in [2.24, 2.45) is 0 Å². The van der Waals surface area contributed by atoms with Crippen LogP contribution in [0.3, 0.4) is 0 Å². The molecule has 13 heavy (non-hydrogen) atoms. The van der Waals surface area contributed by atoms with Crippen LogP contribution in [0.25, 0.3) is 0 Å². The molecule has 3 nitrogen and oxygen atoms in total. The van der Waals surface area contributed by atoms with Gasteiger partial charge in [-0.3, -0.25) is 0 Å². The lowest BCUT2D eigenvalue weighted by atomic mass is 10.1. The molecule has 0 aromatic heterocycles. The van der Waals surface area contributed by atoms with E-state index >= 15 is 0 Å². The number of anilines is 1. The number of nitrogens with two attached hydrogens (primary N) is 1. The Morgan fingerprint density at radius 2 is 2.15 bits per heavy atom. The van der Waals surface area contributed by atoms with Gasteiger partial charge in [0, 0.05) is 0 Å². The van der Waals surface area contributed by atoms with E-state index in [4.69, 9.17) is 17.3 Å². The number of rotatable bonds is 1. The Labute approximate surface area is 81.4 Å². The molecule has 2 N–H and O–H groups in total. The first-order valence-corrected chi connectivity index (χ1v) is 4.08. The lowest BCUT2D eigenvalue weighted by Crippen LogP contribution is -2.06. The first-order chi connectivity index (χ1) is 6.07. The smallest absolute Gasteiger partial charge is 0.339 e. The molecule has 0 bridgehead atoms. The summed E-state index contributed by atoms with van der Waals surface area (Å²) in [5.41, 5.74) is 7.02. The third kappa shape index (κ3) is 1.75. The number of carbonyl (C=O) groups excluding carboxylic acids is 1. The van der Waals surface area contributed by atoms with Gasteiger partial charge in [-0.2, -0.15) is 0 Å². The maximum atomic E-state index is 11.2. The molecule has 0 saturated carbocycles. The zero-order valence-corrected chi connectivity index (χ0v) is 8.18. The van der Waals surface area contributed by atoms with Gasteiger partial charge in [0.15, 0.2) is 0 Å². The van der Waals surface area contributed by atoms with E-state index in [1.165, 1.54) is 7.11 Å². The van der Waals surface area contributed by atoms with Crippen molar-refractivity contribution in [1.29, 1.82) is 0 Å². The average Bonchev–Trinajstić information content (AvgIpc) is 2.12. The second-order valence-corrected chi connectivity index (χ2v) is 3.03. The summed E-state index contributed by atoms with van der Waals surface area (Å²) in [5, 5.41) is 0.256. The minimum absolute atomic E-state index is 0.256. The van der Waals surface area contributed by atoms with Crippen molar-refractivity contribution in [2.45, 2.75) is 6.92 Å². The summed E-state index contributed by atoms with van der Waals surface area (Å²) in [5.74, 6) is -0.463. The normalized spacial score (nSPS) is 9.77. The number of esters is 1. The molecule has 0 aliphatic rings. The van der Waals surface area contributed by atoms with Gasteiger partial charge >= 0.3 is 5.97 Å². The number of methoxy groups -OCH3 is 1. The fourth-order valence-corrected chi connectivity index (χ4v) is 1.33. The molecule has 1 rings (SSSR count). The Bertz CT molecular complexity index is 350. The van der Waals surface area contributed by atoms with Gasteiger partial charge in [-0.1, -0.05) is 17.7 Å². The molecule has 0 unspecified atom stereocenters. The van der Waals surface area contributed by atoms with E-state index in [0.29, 0.717) is 11.3 Å². The van der Waals surface area contributed by atoms with E-state index in [0.717, 1.165) is 5.56 Å². The Kier molecular flexibility index (Phi) is 2.78. The number of benzene rings is 1. The highest BCUT2D eigenvalue weighted by atomic mass is 35.5. The molecule has 0 radical (unpaired) electrons. The monoisotopic (exact) mass is 199 g/mol. The standard InChI is InChI=1S/C9H10ClNO2/c1-5-3-4-6(11)8(10)7(5)9(12)13-2/h3-4H,11H2,1-2H3. The number of hydrogen-bond donors (Lipinski definition) is 1. The molecule has 0 spiro atoms. The summed E-state index contributed by atoms with van der Waals surface area (Å²) < 4.78 is 4.57. The van der Waals surface area contributed by atoms with Crippen LogP contribution in [0.5, 0.6) is 0 Å². The van der Waals surface area contributed by atoms with Crippen molar-refractivity contribution in [2.75, 3.05) is 12.8 Å². The Balaban J connectivity index is 3.33. The fraction of sp³-hybridized carbons (Fsp3) is 0.222. The molecule has 0 aliphatic heterocycles. The highest BCUT2D eigenvalue weighted by molar-refractivity contribution is 6.36. The molecule has 70 valence electrons. The third-order valence-corrected chi connectivity index (χ3v) is 2.18. The maximum absolute atomic E-state index is 11.2. The van der Waals surface area contributed by atoms with Crippen LogP contribution >= 0.6 is 11.6 Å². The predicted octanol–water partition coefficient (Wildman–Crippen LogP) is 2.02. The van der Waals surface area contributed by atoms with Crippen molar-refractivity contribution in [3.63, 3.8) is 0 Å². The SMILES string of the molecule is COC(=O)c1c(C)ccc(N)c1Cl. The molecular weight excluding hydrogens is 190 g/mol. The van der Waals surface area contributed by atoms with Gasteiger partial charge in [0.1, 0.15) is 0 Å². The van der Waals surface area contributed by atoms with Crippen molar-refractivity contribution in [1.82, 2.24) is 0 Å². The van der Waals surface area contributed by atoms with Gasteiger partial charge in [-0.05, 0) is 18.6 Å². The number of halogens is 1. The molecule has 4 heteroatoms. The van der Waals surface area contributed by atoms with Crippen LogP contribution in [0.4, 0.5) is 5.69 Å². The van der Waals surface area contributed by atoms with Gasteiger partial charge in [-0.15, -0.1) is 0 Å². The van der Waals surface area contributed by atoms with Crippen molar-refractivity contribution in [3.05, 3.63) is 28.3 Å². The summed E-state index contributed by atoms with van der Waals surface area (Å²) in [6, 6.07) is 3.39. The van der Waals surface area contributed by atoms with Crippen molar-refractivity contribution in [3.8, 4) is 0 Å². The molecule has 0 saturated heterocycles. The molecule has 0 aliphatic carbocycles. The summed E-state index contributed by atoms with van der Waals surface area (Å²) in [4.78, 5) is 11.2. The van der Waals surface area contributed by atoms with Crippen LogP contribution in [-0.4, -0.2) is 13.1 Å².